The van der Waals surface area contributed by atoms with Crippen LogP contribution in [0.15, 0.2) is 53.3 Å². The van der Waals surface area contributed by atoms with Gasteiger partial charge in [-0.05, 0) is 43.3 Å². The van der Waals surface area contributed by atoms with E-state index in [1.54, 1.807) is 41.4 Å². The molecule has 1 aromatic carbocycles. The number of carbonyl (C=O) groups excluding carboxylic acids is 2. The van der Waals surface area contributed by atoms with Crippen LogP contribution in [0.25, 0.3) is 5.69 Å². The number of hydrogen-bond acceptors (Lipinski definition) is 4. The van der Waals surface area contributed by atoms with Crippen LogP contribution in [0.3, 0.4) is 0 Å². The lowest BCUT2D eigenvalue weighted by molar-refractivity contribution is -0.118. The van der Waals surface area contributed by atoms with Crippen molar-refractivity contribution in [3.63, 3.8) is 0 Å². The number of nitrogens with zero attached hydrogens (tertiary/aromatic N) is 2. The molecular weight excluding hydrogens is 344 g/mol. The Kier molecular flexibility index (Phi) is 5.40. The number of carbonyl (C=O) groups is 2. The first-order chi connectivity index (χ1) is 12.9. The minimum atomic E-state index is -0.181. The summed E-state index contributed by atoms with van der Waals surface area (Å²) in [7, 11) is 0. The molecule has 3 rings (SSSR count). The molecule has 0 unspecified atom stereocenters. The van der Waals surface area contributed by atoms with E-state index >= 15 is 0 Å². The Morgan fingerprint density at radius 3 is 2.56 bits per heavy atom. The van der Waals surface area contributed by atoms with Crippen LogP contribution < -0.4 is 10.6 Å². The summed E-state index contributed by atoms with van der Waals surface area (Å²) >= 11 is 0. The van der Waals surface area contributed by atoms with Gasteiger partial charge in [-0.2, -0.15) is 5.10 Å². The van der Waals surface area contributed by atoms with E-state index in [1.807, 2.05) is 32.9 Å². The zero-order chi connectivity index (χ0) is 19.4. The summed E-state index contributed by atoms with van der Waals surface area (Å²) in [5.41, 5.74) is 2.74. The van der Waals surface area contributed by atoms with Gasteiger partial charge in [0.25, 0.3) is 5.91 Å². The van der Waals surface area contributed by atoms with Gasteiger partial charge < -0.3 is 15.1 Å². The minimum absolute atomic E-state index is 0.0544. The standard InChI is InChI=1S/C20H22N4O3/c1-13(2)19(25)22-18-12-24(23-14(18)3)16-8-6-15(7-9-16)20(26)21-11-17-5-4-10-27-17/h4-10,12-13H,11H2,1-3H3,(H,21,26)(H,22,25). The maximum atomic E-state index is 12.2. The highest BCUT2D eigenvalue weighted by Gasteiger charge is 2.13. The number of aryl methyl sites for hydroxylation is 1. The van der Waals surface area contributed by atoms with Crippen molar-refractivity contribution in [3.8, 4) is 5.69 Å². The molecular formula is C20H22N4O3. The molecule has 0 saturated carbocycles. The molecule has 2 aromatic heterocycles. The maximum Gasteiger partial charge on any atom is 0.251 e. The Labute approximate surface area is 157 Å². The molecule has 0 bridgehead atoms. The highest BCUT2D eigenvalue weighted by molar-refractivity contribution is 5.94. The number of aromatic nitrogens is 2. The van der Waals surface area contributed by atoms with Gasteiger partial charge >= 0.3 is 0 Å². The van der Waals surface area contributed by atoms with Crippen LogP contribution in [0.1, 0.15) is 35.7 Å². The summed E-state index contributed by atoms with van der Waals surface area (Å²) < 4.78 is 6.87. The largest absolute Gasteiger partial charge is 0.467 e. The van der Waals surface area contributed by atoms with E-state index in [-0.39, 0.29) is 17.7 Å². The van der Waals surface area contributed by atoms with Crippen molar-refractivity contribution < 1.29 is 14.0 Å². The van der Waals surface area contributed by atoms with Crippen LogP contribution in [0.2, 0.25) is 0 Å². The number of rotatable bonds is 6. The predicted molar refractivity (Wildman–Crippen MR) is 102 cm³/mol. The Balaban J connectivity index is 1.68. The lowest BCUT2D eigenvalue weighted by atomic mass is 10.2. The molecule has 0 atom stereocenters. The van der Waals surface area contributed by atoms with E-state index in [4.69, 9.17) is 4.42 Å². The molecule has 3 aromatic rings. The molecule has 0 aliphatic heterocycles. The van der Waals surface area contributed by atoms with Crippen LogP contribution in [0, 0.1) is 12.8 Å². The molecule has 27 heavy (non-hydrogen) atoms. The fourth-order valence-electron chi connectivity index (χ4n) is 2.44. The number of amides is 2. The van der Waals surface area contributed by atoms with Crippen LogP contribution in [-0.4, -0.2) is 21.6 Å². The van der Waals surface area contributed by atoms with E-state index in [9.17, 15) is 9.59 Å². The normalized spacial score (nSPS) is 10.8. The zero-order valence-electron chi connectivity index (χ0n) is 15.5. The third-order valence-corrected chi connectivity index (χ3v) is 4.08. The molecule has 2 N–H and O–H groups in total. The molecule has 2 amide bonds. The van der Waals surface area contributed by atoms with Crippen molar-refractivity contribution in [1.29, 1.82) is 0 Å². The van der Waals surface area contributed by atoms with Crippen molar-refractivity contribution in [3.05, 3.63) is 65.9 Å². The predicted octanol–water partition coefficient (Wildman–Crippen LogP) is 3.30. The third kappa shape index (κ3) is 4.44. The molecule has 7 nitrogen and oxygen atoms in total. The van der Waals surface area contributed by atoms with Crippen LogP contribution in [0.5, 0.6) is 0 Å². The van der Waals surface area contributed by atoms with E-state index in [1.165, 1.54) is 0 Å². The van der Waals surface area contributed by atoms with E-state index in [2.05, 4.69) is 15.7 Å². The van der Waals surface area contributed by atoms with E-state index < -0.39 is 0 Å². The van der Waals surface area contributed by atoms with Crippen molar-refractivity contribution in [2.75, 3.05) is 5.32 Å². The Morgan fingerprint density at radius 1 is 1.19 bits per heavy atom. The minimum Gasteiger partial charge on any atom is -0.467 e. The number of anilines is 1. The molecule has 2 heterocycles. The van der Waals surface area contributed by atoms with Gasteiger partial charge in [0.05, 0.1) is 36.1 Å². The molecule has 0 spiro atoms. The van der Waals surface area contributed by atoms with Gasteiger partial charge in [0, 0.05) is 11.5 Å². The Morgan fingerprint density at radius 2 is 1.93 bits per heavy atom. The van der Waals surface area contributed by atoms with Crippen molar-refractivity contribution in [2.24, 2.45) is 5.92 Å². The first kappa shape index (κ1) is 18.4. The van der Waals surface area contributed by atoms with Crippen molar-refractivity contribution in [1.82, 2.24) is 15.1 Å². The average molecular weight is 366 g/mol. The number of hydrogen-bond donors (Lipinski definition) is 2. The third-order valence-electron chi connectivity index (χ3n) is 4.08. The lowest BCUT2D eigenvalue weighted by Gasteiger charge is -2.06. The molecule has 140 valence electrons. The Hall–Kier alpha value is -3.35. The summed E-state index contributed by atoms with van der Waals surface area (Å²) in [6.45, 7) is 5.85. The second-order valence-electron chi connectivity index (χ2n) is 6.53. The second kappa shape index (κ2) is 7.90. The van der Waals surface area contributed by atoms with Crippen molar-refractivity contribution in [2.45, 2.75) is 27.3 Å². The van der Waals surface area contributed by atoms with Crippen molar-refractivity contribution >= 4 is 17.5 Å². The van der Waals surface area contributed by atoms with E-state index in [0.29, 0.717) is 23.6 Å². The fourth-order valence-corrected chi connectivity index (χ4v) is 2.44. The number of furan rings is 1. The molecule has 0 aliphatic rings. The van der Waals surface area contributed by atoms with Gasteiger partial charge in [-0.1, -0.05) is 13.8 Å². The van der Waals surface area contributed by atoms with Gasteiger partial charge in [0.1, 0.15) is 5.76 Å². The number of benzene rings is 1. The quantitative estimate of drug-likeness (QED) is 0.700. The summed E-state index contributed by atoms with van der Waals surface area (Å²) in [4.78, 5) is 24.1. The highest BCUT2D eigenvalue weighted by atomic mass is 16.3. The molecule has 0 fully saturated rings. The number of nitrogens with one attached hydrogen (secondary N) is 2. The molecule has 0 saturated heterocycles. The average Bonchev–Trinajstić information content (AvgIpc) is 3.30. The molecule has 0 aliphatic carbocycles. The summed E-state index contributed by atoms with van der Waals surface area (Å²) in [5, 5.41) is 10.1. The van der Waals surface area contributed by atoms with Gasteiger partial charge in [0.2, 0.25) is 5.91 Å². The van der Waals surface area contributed by atoms with Crippen LogP contribution in [-0.2, 0) is 11.3 Å². The SMILES string of the molecule is Cc1nn(-c2ccc(C(=O)NCc3ccco3)cc2)cc1NC(=O)C(C)C. The second-order valence-corrected chi connectivity index (χ2v) is 6.53. The topological polar surface area (TPSA) is 89.2 Å². The summed E-state index contributed by atoms with van der Waals surface area (Å²) in [6, 6.07) is 10.7. The summed E-state index contributed by atoms with van der Waals surface area (Å²) in [5.74, 6) is 0.357. The molecule has 7 heteroatoms. The maximum absolute atomic E-state index is 12.2. The highest BCUT2D eigenvalue weighted by Crippen LogP contribution is 2.18. The first-order valence-electron chi connectivity index (χ1n) is 8.72. The van der Waals surface area contributed by atoms with Gasteiger partial charge in [-0.3, -0.25) is 9.59 Å². The van der Waals surface area contributed by atoms with E-state index in [0.717, 1.165) is 11.4 Å². The fraction of sp³-hybridized carbons (Fsp3) is 0.250. The van der Waals surface area contributed by atoms with Crippen LogP contribution >= 0.6 is 0 Å². The lowest BCUT2D eigenvalue weighted by Crippen LogP contribution is -2.22. The Bertz CT molecular complexity index is 925. The molecule has 0 radical (unpaired) electrons. The monoisotopic (exact) mass is 366 g/mol. The van der Waals surface area contributed by atoms with Crippen LogP contribution in [0.4, 0.5) is 5.69 Å². The van der Waals surface area contributed by atoms with Gasteiger partial charge in [0.15, 0.2) is 0 Å². The first-order valence-corrected chi connectivity index (χ1v) is 8.72. The summed E-state index contributed by atoms with van der Waals surface area (Å²) in [6.07, 6.45) is 3.34. The van der Waals surface area contributed by atoms with Gasteiger partial charge in [-0.25, -0.2) is 4.68 Å². The smallest absolute Gasteiger partial charge is 0.251 e. The zero-order valence-corrected chi connectivity index (χ0v) is 15.5. The van der Waals surface area contributed by atoms with Gasteiger partial charge in [-0.15, -0.1) is 0 Å².